The first-order chi connectivity index (χ1) is 10.0. The fourth-order valence-electron chi connectivity index (χ4n) is 2.04. The van der Waals surface area contributed by atoms with E-state index < -0.39 is 0 Å². The van der Waals surface area contributed by atoms with Crippen molar-refractivity contribution in [3.05, 3.63) is 51.5 Å². The maximum absolute atomic E-state index is 6.25. The van der Waals surface area contributed by atoms with E-state index in [2.05, 4.69) is 5.32 Å². The number of methoxy groups -OCH3 is 2. The number of nitrogens with one attached hydrogen (secondary N) is 1. The van der Waals surface area contributed by atoms with Crippen molar-refractivity contribution < 1.29 is 9.47 Å². The van der Waals surface area contributed by atoms with Crippen molar-refractivity contribution in [3.63, 3.8) is 0 Å². The second-order valence-electron chi connectivity index (χ2n) is 4.61. The fraction of sp³-hybridized carbons (Fsp3) is 0.250. The molecule has 1 N–H and O–H groups in total. The highest BCUT2D eigenvalue weighted by molar-refractivity contribution is 6.33. The zero-order chi connectivity index (χ0) is 15.4. The third-order valence-corrected chi connectivity index (χ3v) is 3.79. The largest absolute Gasteiger partial charge is 0.493 e. The molecule has 0 aliphatic rings. The Morgan fingerprint density at radius 3 is 2.29 bits per heavy atom. The Labute approximate surface area is 134 Å². The minimum Gasteiger partial charge on any atom is -0.493 e. The van der Waals surface area contributed by atoms with Crippen molar-refractivity contribution in [3.8, 4) is 11.5 Å². The van der Waals surface area contributed by atoms with Crippen LogP contribution in [0.2, 0.25) is 10.0 Å². The number of aryl methyl sites for hydroxylation is 1. The van der Waals surface area contributed by atoms with Gasteiger partial charge >= 0.3 is 0 Å². The second kappa shape index (κ2) is 6.92. The van der Waals surface area contributed by atoms with Crippen LogP contribution in [0.3, 0.4) is 0 Å². The molecule has 0 unspecified atom stereocenters. The molecule has 2 rings (SSSR count). The Balaban J connectivity index is 2.19. The molecule has 0 aliphatic heterocycles. The van der Waals surface area contributed by atoms with Gasteiger partial charge in [-0.25, -0.2) is 0 Å². The highest BCUT2D eigenvalue weighted by atomic mass is 35.5. The van der Waals surface area contributed by atoms with Crippen molar-refractivity contribution in [2.45, 2.75) is 13.5 Å². The normalized spacial score (nSPS) is 10.3. The minimum absolute atomic E-state index is 0.583. The number of halogens is 2. The lowest BCUT2D eigenvalue weighted by Gasteiger charge is -2.14. The maximum Gasteiger partial charge on any atom is 0.162 e. The Bertz CT molecular complexity index is 644. The molecule has 0 amide bonds. The molecule has 0 bridgehead atoms. The Morgan fingerprint density at radius 2 is 1.67 bits per heavy atom. The van der Waals surface area contributed by atoms with Crippen molar-refractivity contribution in [2.24, 2.45) is 0 Å². The van der Waals surface area contributed by atoms with E-state index >= 15 is 0 Å². The summed E-state index contributed by atoms with van der Waals surface area (Å²) in [7, 11) is 3.18. The molecule has 0 fully saturated rings. The van der Waals surface area contributed by atoms with Crippen LogP contribution in [0.25, 0.3) is 0 Å². The van der Waals surface area contributed by atoms with E-state index in [-0.39, 0.29) is 0 Å². The van der Waals surface area contributed by atoms with Gasteiger partial charge in [-0.05, 0) is 30.2 Å². The molecule has 0 spiro atoms. The topological polar surface area (TPSA) is 30.5 Å². The average Bonchev–Trinajstić information content (AvgIpc) is 2.47. The van der Waals surface area contributed by atoms with Gasteiger partial charge in [0.2, 0.25) is 0 Å². The summed E-state index contributed by atoms with van der Waals surface area (Å²) >= 11 is 12.2. The molecule has 112 valence electrons. The van der Waals surface area contributed by atoms with Gasteiger partial charge < -0.3 is 14.8 Å². The summed E-state index contributed by atoms with van der Waals surface area (Å²) < 4.78 is 10.5. The minimum atomic E-state index is 0.583. The van der Waals surface area contributed by atoms with Gasteiger partial charge in [0, 0.05) is 23.7 Å². The van der Waals surface area contributed by atoms with Crippen LogP contribution >= 0.6 is 23.2 Å². The molecule has 0 aromatic heterocycles. The molecule has 0 atom stereocenters. The molecule has 21 heavy (non-hydrogen) atoms. The first-order valence-corrected chi connectivity index (χ1v) is 7.21. The highest BCUT2D eigenvalue weighted by Crippen LogP contribution is 2.36. The lowest BCUT2D eigenvalue weighted by molar-refractivity contribution is 0.355. The van der Waals surface area contributed by atoms with Crippen molar-refractivity contribution >= 4 is 28.9 Å². The van der Waals surface area contributed by atoms with Gasteiger partial charge in [-0.1, -0.05) is 29.3 Å². The SMILES string of the molecule is COc1cc(Cl)c(NCc2ccc(Cl)cc2C)cc1OC. The smallest absolute Gasteiger partial charge is 0.162 e. The fourth-order valence-corrected chi connectivity index (χ4v) is 2.48. The predicted octanol–water partition coefficient (Wildman–Crippen LogP) is 4.93. The Hall–Kier alpha value is -1.58. The molecular formula is C16H17Cl2NO2. The lowest BCUT2D eigenvalue weighted by Crippen LogP contribution is -2.02. The van der Waals surface area contributed by atoms with E-state index in [1.54, 1.807) is 20.3 Å². The molecule has 0 saturated heterocycles. The lowest BCUT2D eigenvalue weighted by atomic mass is 10.1. The maximum atomic E-state index is 6.25. The van der Waals surface area contributed by atoms with Crippen molar-refractivity contribution in [1.29, 1.82) is 0 Å². The zero-order valence-electron chi connectivity index (χ0n) is 12.2. The summed E-state index contributed by atoms with van der Waals surface area (Å²) in [6, 6.07) is 9.37. The van der Waals surface area contributed by atoms with E-state index in [1.165, 1.54) is 0 Å². The van der Waals surface area contributed by atoms with Crippen LogP contribution in [0, 0.1) is 6.92 Å². The molecule has 0 radical (unpaired) electrons. The molecule has 5 heteroatoms. The number of rotatable bonds is 5. The second-order valence-corrected chi connectivity index (χ2v) is 5.46. The molecule has 2 aromatic rings. The Morgan fingerprint density at radius 1 is 1.00 bits per heavy atom. The van der Waals surface area contributed by atoms with Gasteiger partial charge in [-0.15, -0.1) is 0 Å². The first kappa shape index (κ1) is 15.8. The molecule has 0 saturated carbocycles. The van der Waals surface area contributed by atoms with E-state index in [9.17, 15) is 0 Å². The highest BCUT2D eigenvalue weighted by Gasteiger charge is 2.10. The van der Waals surface area contributed by atoms with Crippen LogP contribution in [0.4, 0.5) is 5.69 Å². The van der Waals surface area contributed by atoms with E-state index in [1.807, 2.05) is 31.2 Å². The summed E-state index contributed by atoms with van der Waals surface area (Å²) in [5, 5.41) is 4.62. The molecule has 0 aliphatic carbocycles. The summed E-state index contributed by atoms with van der Waals surface area (Å²) in [5.74, 6) is 1.24. The number of hydrogen-bond donors (Lipinski definition) is 1. The van der Waals surface area contributed by atoms with Crippen LogP contribution in [0.5, 0.6) is 11.5 Å². The van der Waals surface area contributed by atoms with Crippen LogP contribution in [-0.2, 0) is 6.54 Å². The first-order valence-electron chi connectivity index (χ1n) is 6.45. The number of ether oxygens (including phenoxy) is 2. The van der Waals surface area contributed by atoms with Gasteiger partial charge in [-0.2, -0.15) is 0 Å². The van der Waals surface area contributed by atoms with E-state index in [0.29, 0.717) is 23.1 Å². The number of anilines is 1. The van der Waals surface area contributed by atoms with Crippen molar-refractivity contribution in [2.75, 3.05) is 19.5 Å². The van der Waals surface area contributed by atoms with Gasteiger partial charge in [0.15, 0.2) is 11.5 Å². The van der Waals surface area contributed by atoms with Gasteiger partial charge in [0.1, 0.15) is 0 Å². The standard InChI is InChI=1S/C16H17Cl2NO2/c1-10-6-12(17)5-4-11(10)9-19-14-8-16(21-3)15(20-2)7-13(14)18/h4-8,19H,9H2,1-3H3. The van der Waals surface area contributed by atoms with Gasteiger partial charge in [0.05, 0.1) is 24.9 Å². The van der Waals surface area contributed by atoms with Crippen molar-refractivity contribution in [1.82, 2.24) is 0 Å². The third kappa shape index (κ3) is 3.74. The number of benzene rings is 2. The third-order valence-electron chi connectivity index (χ3n) is 3.25. The van der Waals surface area contributed by atoms with Gasteiger partial charge in [-0.3, -0.25) is 0 Å². The molecular weight excluding hydrogens is 309 g/mol. The average molecular weight is 326 g/mol. The molecule has 2 aromatic carbocycles. The van der Waals surface area contributed by atoms with E-state index in [0.717, 1.165) is 21.8 Å². The van der Waals surface area contributed by atoms with E-state index in [4.69, 9.17) is 32.7 Å². The van der Waals surface area contributed by atoms with Gasteiger partial charge in [0.25, 0.3) is 0 Å². The van der Waals surface area contributed by atoms with Crippen LogP contribution in [-0.4, -0.2) is 14.2 Å². The number of hydrogen-bond acceptors (Lipinski definition) is 3. The summed E-state index contributed by atoms with van der Waals surface area (Å²) in [6.45, 7) is 2.68. The Kier molecular flexibility index (Phi) is 5.21. The zero-order valence-corrected chi connectivity index (χ0v) is 13.7. The molecule has 3 nitrogen and oxygen atoms in total. The summed E-state index contributed by atoms with van der Waals surface area (Å²) in [4.78, 5) is 0. The predicted molar refractivity (Wildman–Crippen MR) is 88.1 cm³/mol. The quantitative estimate of drug-likeness (QED) is 0.845. The summed E-state index contributed by atoms with van der Waals surface area (Å²) in [6.07, 6.45) is 0. The molecule has 0 heterocycles. The van der Waals surface area contributed by atoms with Crippen LogP contribution in [0.1, 0.15) is 11.1 Å². The van der Waals surface area contributed by atoms with Crippen LogP contribution in [0.15, 0.2) is 30.3 Å². The monoisotopic (exact) mass is 325 g/mol. The van der Waals surface area contributed by atoms with Crippen LogP contribution < -0.4 is 14.8 Å². The summed E-state index contributed by atoms with van der Waals surface area (Å²) in [5.41, 5.74) is 3.08.